The highest BCUT2D eigenvalue weighted by Gasteiger charge is 2.31. The maximum atomic E-state index is 12.6. The van der Waals surface area contributed by atoms with Crippen LogP contribution in [0.4, 0.5) is 19.0 Å². The first-order valence-corrected chi connectivity index (χ1v) is 6.65. The monoisotopic (exact) mass is 289 g/mol. The van der Waals surface area contributed by atoms with Crippen LogP contribution in [-0.4, -0.2) is 36.1 Å². The maximum absolute atomic E-state index is 12.6. The number of ether oxygens (including phenoxy) is 1. The summed E-state index contributed by atoms with van der Waals surface area (Å²) in [4.78, 5) is 6.00. The van der Waals surface area contributed by atoms with Crippen molar-refractivity contribution >= 4 is 5.82 Å². The van der Waals surface area contributed by atoms with E-state index in [2.05, 4.69) is 9.88 Å². The van der Waals surface area contributed by atoms with Gasteiger partial charge in [-0.3, -0.25) is 4.90 Å². The number of pyridine rings is 1. The topological polar surface area (TPSA) is 51.4 Å². The fraction of sp³-hybridized carbons (Fsp3) is 0.615. The van der Waals surface area contributed by atoms with Gasteiger partial charge in [0.2, 0.25) is 5.88 Å². The Bertz CT molecular complexity index is 445. The van der Waals surface area contributed by atoms with Gasteiger partial charge in [-0.25, -0.2) is 0 Å². The Hall–Kier alpha value is -1.50. The number of nitrogens with zero attached hydrogens (tertiary/aromatic N) is 2. The van der Waals surface area contributed by atoms with Crippen LogP contribution >= 0.6 is 0 Å². The van der Waals surface area contributed by atoms with Gasteiger partial charge in [0.25, 0.3) is 0 Å². The van der Waals surface area contributed by atoms with Gasteiger partial charge in [-0.05, 0) is 32.0 Å². The Morgan fingerprint density at radius 1 is 1.20 bits per heavy atom. The molecule has 0 aromatic carbocycles. The van der Waals surface area contributed by atoms with Gasteiger partial charge < -0.3 is 10.5 Å². The Labute approximate surface area is 115 Å². The summed E-state index contributed by atoms with van der Waals surface area (Å²) in [5, 5.41) is 0. The van der Waals surface area contributed by atoms with Gasteiger partial charge in [-0.2, -0.15) is 18.2 Å². The zero-order valence-corrected chi connectivity index (χ0v) is 11.1. The van der Waals surface area contributed by atoms with Crippen LogP contribution in [0.15, 0.2) is 12.1 Å². The quantitative estimate of drug-likeness (QED) is 0.925. The summed E-state index contributed by atoms with van der Waals surface area (Å²) in [7, 11) is 0. The molecule has 4 nitrogen and oxygen atoms in total. The summed E-state index contributed by atoms with van der Waals surface area (Å²) in [6.45, 7) is 3.04. The molecular formula is C13H18F3N3O. The van der Waals surface area contributed by atoms with Crippen LogP contribution in [0.5, 0.6) is 5.88 Å². The number of nitrogen functional groups attached to an aromatic ring is 1. The Balaban J connectivity index is 1.90. The van der Waals surface area contributed by atoms with Crippen molar-refractivity contribution in [3.05, 3.63) is 17.7 Å². The number of rotatable bonds is 4. The highest BCUT2D eigenvalue weighted by Crippen LogP contribution is 2.31. The molecule has 2 N–H and O–H groups in total. The van der Waals surface area contributed by atoms with Crippen molar-refractivity contribution in [3.63, 3.8) is 0 Å². The first-order valence-electron chi connectivity index (χ1n) is 6.65. The molecule has 7 heteroatoms. The number of anilines is 1. The molecular weight excluding hydrogens is 271 g/mol. The Morgan fingerprint density at radius 3 is 2.55 bits per heavy atom. The zero-order chi connectivity index (χ0) is 14.6. The fourth-order valence-electron chi connectivity index (χ4n) is 2.23. The van der Waals surface area contributed by atoms with Crippen LogP contribution < -0.4 is 10.5 Å². The molecule has 0 aliphatic carbocycles. The smallest absolute Gasteiger partial charge is 0.416 e. The predicted octanol–water partition coefficient (Wildman–Crippen LogP) is 2.55. The van der Waals surface area contributed by atoms with E-state index >= 15 is 0 Å². The van der Waals surface area contributed by atoms with Gasteiger partial charge >= 0.3 is 6.18 Å². The van der Waals surface area contributed by atoms with E-state index < -0.39 is 11.7 Å². The minimum atomic E-state index is -4.44. The van der Waals surface area contributed by atoms with E-state index in [4.69, 9.17) is 10.5 Å². The minimum Gasteiger partial charge on any atom is -0.476 e. The van der Waals surface area contributed by atoms with Crippen LogP contribution in [-0.2, 0) is 6.18 Å². The number of aromatic nitrogens is 1. The summed E-state index contributed by atoms with van der Waals surface area (Å²) >= 11 is 0. The number of likely N-dealkylation sites (tertiary alicyclic amines) is 1. The second kappa shape index (κ2) is 6.30. The molecule has 0 saturated carbocycles. The van der Waals surface area contributed by atoms with Gasteiger partial charge in [-0.15, -0.1) is 0 Å². The third-order valence-corrected chi connectivity index (χ3v) is 3.26. The predicted molar refractivity (Wildman–Crippen MR) is 69.4 cm³/mol. The number of halogens is 3. The minimum absolute atomic E-state index is 0.0747. The average molecular weight is 289 g/mol. The zero-order valence-electron chi connectivity index (χ0n) is 11.1. The summed E-state index contributed by atoms with van der Waals surface area (Å²) in [6.07, 6.45) is -0.880. The molecule has 1 fully saturated rings. The molecule has 0 spiro atoms. The Kier molecular flexibility index (Phi) is 4.69. The van der Waals surface area contributed by atoms with Gasteiger partial charge in [0, 0.05) is 12.6 Å². The van der Waals surface area contributed by atoms with Crippen LogP contribution in [0.2, 0.25) is 0 Å². The molecule has 0 atom stereocenters. The molecule has 1 saturated heterocycles. The molecule has 20 heavy (non-hydrogen) atoms. The third-order valence-electron chi connectivity index (χ3n) is 3.26. The lowest BCUT2D eigenvalue weighted by Gasteiger charge is -2.26. The molecule has 2 rings (SSSR count). The van der Waals surface area contributed by atoms with Crippen LogP contribution in [0.1, 0.15) is 24.8 Å². The highest BCUT2D eigenvalue weighted by atomic mass is 19.4. The average Bonchev–Trinajstić information content (AvgIpc) is 2.38. The van der Waals surface area contributed by atoms with Gasteiger partial charge in [0.15, 0.2) is 0 Å². The highest BCUT2D eigenvalue weighted by molar-refractivity contribution is 5.38. The van der Waals surface area contributed by atoms with E-state index in [1.165, 1.54) is 6.42 Å². The molecule has 0 bridgehead atoms. The summed E-state index contributed by atoms with van der Waals surface area (Å²) in [5.41, 5.74) is 4.53. The molecule has 1 aliphatic heterocycles. The summed E-state index contributed by atoms with van der Waals surface area (Å²) < 4.78 is 43.1. The third kappa shape index (κ3) is 4.26. The lowest BCUT2D eigenvalue weighted by Crippen LogP contribution is -2.33. The normalized spacial score (nSPS) is 17.1. The number of alkyl halides is 3. The van der Waals surface area contributed by atoms with E-state index in [0.29, 0.717) is 13.2 Å². The molecule has 1 aliphatic rings. The van der Waals surface area contributed by atoms with E-state index in [9.17, 15) is 13.2 Å². The molecule has 0 radical (unpaired) electrons. The van der Waals surface area contributed by atoms with Crippen molar-refractivity contribution in [1.29, 1.82) is 0 Å². The van der Waals surface area contributed by atoms with Crippen molar-refractivity contribution in [2.24, 2.45) is 0 Å². The number of hydrogen-bond donors (Lipinski definition) is 1. The standard InChI is InChI=1S/C13H18F3N3O/c14-13(15,16)10-8-11(17)18-12(9-10)20-7-6-19-4-2-1-3-5-19/h8-9H,1-7H2,(H2,17,18). The first kappa shape index (κ1) is 14.9. The summed E-state index contributed by atoms with van der Waals surface area (Å²) in [5.74, 6) is -0.262. The lowest BCUT2D eigenvalue weighted by atomic mass is 10.1. The summed E-state index contributed by atoms with van der Waals surface area (Å²) in [6, 6.07) is 1.68. The van der Waals surface area contributed by atoms with Crippen molar-refractivity contribution in [3.8, 4) is 5.88 Å². The second-order valence-electron chi connectivity index (χ2n) is 4.87. The largest absolute Gasteiger partial charge is 0.476 e. The second-order valence-corrected chi connectivity index (χ2v) is 4.87. The Morgan fingerprint density at radius 2 is 1.90 bits per heavy atom. The molecule has 1 aromatic rings. The number of nitrogens with two attached hydrogens (primary N) is 1. The van der Waals surface area contributed by atoms with Crippen LogP contribution in [0.25, 0.3) is 0 Å². The van der Waals surface area contributed by atoms with Crippen molar-refractivity contribution in [1.82, 2.24) is 9.88 Å². The van der Waals surface area contributed by atoms with E-state index in [0.717, 1.165) is 38.1 Å². The fourth-order valence-corrected chi connectivity index (χ4v) is 2.23. The first-order chi connectivity index (χ1) is 9.45. The number of hydrogen-bond acceptors (Lipinski definition) is 4. The van der Waals surface area contributed by atoms with E-state index in [-0.39, 0.29) is 11.7 Å². The molecule has 1 aromatic heterocycles. The molecule has 2 heterocycles. The molecule has 0 unspecified atom stereocenters. The van der Waals surface area contributed by atoms with Gasteiger partial charge in [0.05, 0.1) is 5.56 Å². The van der Waals surface area contributed by atoms with Gasteiger partial charge in [0.1, 0.15) is 12.4 Å². The SMILES string of the molecule is Nc1cc(C(F)(F)F)cc(OCCN2CCCCC2)n1. The van der Waals surface area contributed by atoms with Crippen molar-refractivity contribution < 1.29 is 17.9 Å². The van der Waals surface area contributed by atoms with E-state index in [1.807, 2.05) is 0 Å². The van der Waals surface area contributed by atoms with Crippen LogP contribution in [0, 0.1) is 0 Å². The molecule has 0 amide bonds. The van der Waals surface area contributed by atoms with Crippen molar-refractivity contribution in [2.75, 3.05) is 32.0 Å². The number of piperidine rings is 1. The lowest BCUT2D eigenvalue weighted by molar-refractivity contribution is -0.137. The molecule has 112 valence electrons. The van der Waals surface area contributed by atoms with Crippen LogP contribution in [0.3, 0.4) is 0 Å². The maximum Gasteiger partial charge on any atom is 0.416 e. The van der Waals surface area contributed by atoms with E-state index in [1.54, 1.807) is 0 Å². The van der Waals surface area contributed by atoms with Gasteiger partial charge in [-0.1, -0.05) is 6.42 Å². The van der Waals surface area contributed by atoms with Crippen molar-refractivity contribution in [2.45, 2.75) is 25.4 Å².